The van der Waals surface area contributed by atoms with Crippen LogP contribution in [0.4, 0.5) is 0 Å². The van der Waals surface area contributed by atoms with Gasteiger partial charge in [0.15, 0.2) is 0 Å². The third-order valence-electron chi connectivity index (χ3n) is 9.31. The molecule has 7 atom stereocenters. The van der Waals surface area contributed by atoms with Gasteiger partial charge < -0.3 is 63.9 Å². The molecule has 14 N–H and O–H groups in total. The maximum Gasteiger partial charge on any atom is 0.326 e. The van der Waals surface area contributed by atoms with Crippen molar-refractivity contribution in [2.75, 3.05) is 13.1 Å². The zero-order valence-electron chi connectivity index (χ0n) is 32.5. The number of rotatable bonds is 25. The zero-order valence-corrected chi connectivity index (χ0v) is 32.5. The van der Waals surface area contributed by atoms with Gasteiger partial charge >= 0.3 is 11.9 Å². The Morgan fingerprint density at radius 3 is 2.04 bits per heavy atom. The number of primary amides is 1. The number of aromatic amines is 1. The standard InChI is InChI=1S/C35H57N11O11/c1-18(2)28(45-29(50)19(3)41-30(51)21(37)15-20-16-39-17-40-20)34(55)46-14-6-8-25(46)33(54)43-23(10-12-27(48)49)31(52)42-22(9-11-26(38)47)32(53)44-24(35(56)57)7-4-5-13-36/h16-19,21-25,28H,4-15,36-37H2,1-3H3,(H2,38,47)(H,39,40)(H,41,51)(H,42,52)(H,43,54)(H,44,53)(H,45,50)(H,48,49)(H,56,57)/t19-,21-,22-,23-,24-,25-,28-/m0/s1. The molecule has 1 saturated heterocycles. The molecule has 22 nitrogen and oxygen atoms in total. The molecular weight excluding hydrogens is 750 g/mol. The van der Waals surface area contributed by atoms with Crippen LogP contribution in [-0.2, 0) is 49.6 Å². The van der Waals surface area contributed by atoms with Crippen LogP contribution in [0.1, 0.15) is 84.3 Å². The first-order valence-corrected chi connectivity index (χ1v) is 18.8. The van der Waals surface area contributed by atoms with Crippen molar-refractivity contribution in [1.82, 2.24) is 41.5 Å². The van der Waals surface area contributed by atoms with Gasteiger partial charge in [-0.1, -0.05) is 13.8 Å². The second-order valence-electron chi connectivity index (χ2n) is 14.3. The molecule has 22 heteroatoms. The van der Waals surface area contributed by atoms with E-state index in [4.69, 9.17) is 17.2 Å². The summed E-state index contributed by atoms with van der Waals surface area (Å²) in [5.41, 5.74) is 17.3. The molecule has 0 radical (unpaired) electrons. The lowest BCUT2D eigenvalue weighted by atomic mass is 10.0. The summed E-state index contributed by atoms with van der Waals surface area (Å²) in [5, 5.41) is 31.3. The molecule has 0 bridgehead atoms. The van der Waals surface area contributed by atoms with Crippen LogP contribution in [0, 0.1) is 5.92 Å². The summed E-state index contributed by atoms with van der Waals surface area (Å²) in [5.74, 6) is -8.61. The number of nitrogens with zero attached hydrogens (tertiary/aromatic N) is 2. The molecule has 0 unspecified atom stereocenters. The molecule has 0 spiro atoms. The number of amides is 7. The summed E-state index contributed by atoms with van der Waals surface area (Å²) < 4.78 is 0. The molecule has 0 aliphatic carbocycles. The molecule has 0 saturated carbocycles. The van der Waals surface area contributed by atoms with E-state index in [1.165, 1.54) is 24.3 Å². The van der Waals surface area contributed by atoms with Crippen molar-refractivity contribution in [3.8, 4) is 0 Å². The van der Waals surface area contributed by atoms with Crippen LogP contribution in [0.5, 0.6) is 0 Å². The number of nitrogens with two attached hydrogens (primary N) is 3. The molecule has 318 valence electrons. The number of H-pyrrole nitrogens is 1. The van der Waals surface area contributed by atoms with Crippen LogP contribution in [0.2, 0.25) is 0 Å². The number of carbonyl (C=O) groups is 9. The van der Waals surface area contributed by atoms with Crippen molar-refractivity contribution in [2.24, 2.45) is 23.1 Å². The summed E-state index contributed by atoms with van der Waals surface area (Å²) in [6.07, 6.45) is 2.78. The van der Waals surface area contributed by atoms with Crippen molar-refractivity contribution in [1.29, 1.82) is 0 Å². The number of carboxylic acid groups (broad SMARTS) is 2. The number of carbonyl (C=O) groups excluding carboxylic acids is 7. The van der Waals surface area contributed by atoms with Gasteiger partial charge in [-0.2, -0.15) is 0 Å². The van der Waals surface area contributed by atoms with E-state index in [0.29, 0.717) is 31.5 Å². The van der Waals surface area contributed by atoms with Gasteiger partial charge in [0, 0.05) is 37.7 Å². The highest BCUT2D eigenvalue weighted by Gasteiger charge is 2.40. The first-order valence-electron chi connectivity index (χ1n) is 18.8. The molecule has 2 rings (SSSR count). The second kappa shape index (κ2) is 23.4. The van der Waals surface area contributed by atoms with E-state index >= 15 is 0 Å². The fourth-order valence-electron chi connectivity index (χ4n) is 6.04. The summed E-state index contributed by atoms with van der Waals surface area (Å²) in [7, 11) is 0. The van der Waals surface area contributed by atoms with E-state index in [1.54, 1.807) is 13.8 Å². The maximum absolute atomic E-state index is 13.9. The van der Waals surface area contributed by atoms with Gasteiger partial charge in [-0.05, 0) is 64.3 Å². The smallest absolute Gasteiger partial charge is 0.326 e. The molecule has 7 amide bonds. The number of likely N-dealkylation sites (tertiary alicyclic amines) is 1. The average Bonchev–Trinajstić information content (AvgIpc) is 3.85. The fourth-order valence-corrected chi connectivity index (χ4v) is 6.04. The molecule has 1 aromatic heterocycles. The van der Waals surface area contributed by atoms with Gasteiger partial charge in [-0.25, -0.2) is 9.78 Å². The Hall–Kier alpha value is -5.64. The quantitative estimate of drug-likeness (QED) is 0.0432. The van der Waals surface area contributed by atoms with Gasteiger partial charge in [0.05, 0.1) is 12.4 Å². The minimum absolute atomic E-state index is 0.0294. The highest BCUT2D eigenvalue weighted by atomic mass is 16.4. The number of aliphatic carboxylic acids is 2. The lowest BCUT2D eigenvalue weighted by Crippen LogP contribution is -2.60. The Kier molecular flexibility index (Phi) is 19.5. The second-order valence-corrected chi connectivity index (χ2v) is 14.3. The van der Waals surface area contributed by atoms with Gasteiger partial charge in [0.2, 0.25) is 41.4 Å². The molecule has 1 fully saturated rings. The Morgan fingerprint density at radius 1 is 0.842 bits per heavy atom. The number of aromatic nitrogens is 2. The van der Waals surface area contributed by atoms with Crippen molar-refractivity contribution < 1.29 is 53.4 Å². The molecule has 2 heterocycles. The molecule has 57 heavy (non-hydrogen) atoms. The average molecular weight is 808 g/mol. The van der Waals surface area contributed by atoms with Crippen LogP contribution in [0.25, 0.3) is 0 Å². The first kappa shape index (κ1) is 47.5. The van der Waals surface area contributed by atoms with E-state index in [0.717, 1.165) is 0 Å². The largest absolute Gasteiger partial charge is 0.481 e. The maximum atomic E-state index is 13.9. The first-order chi connectivity index (χ1) is 26.9. The SMILES string of the molecule is CC(C)[C@H](NC(=O)[C@H](C)NC(=O)[C@@H](N)Cc1cnc[nH]1)C(=O)N1CCC[C@H]1C(=O)N[C@@H](CCC(=O)O)C(=O)N[C@@H](CCC(N)=O)C(=O)N[C@@H](CCCCN)C(=O)O. The molecule has 0 aromatic carbocycles. The minimum Gasteiger partial charge on any atom is -0.481 e. The predicted octanol–water partition coefficient (Wildman–Crippen LogP) is -3.29. The van der Waals surface area contributed by atoms with E-state index in [9.17, 15) is 53.4 Å². The zero-order chi connectivity index (χ0) is 42.8. The van der Waals surface area contributed by atoms with Crippen LogP contribution < -0.4 is 43.8 Å². The molecule has 1 aromatic rings. The topological polar surface area (TPSA) is 364 Å². The Balaban J connectivity index is 2.19. The third kappa shape index (κ3) is 15.8. The predicted molar refractivity (Wildman–Crippen MR) is 201 cm³/mol. The Morgan fingerprint density at radius 2 is 1.47 bits per heavy atom. The summed E-state index contributed by atoms with van der Waals surface area (Å²) in [4.78, 5) is 123. The van der Waals surface area contributed by atoms with Gasteiger partial charge in [-0.3, -0.25) is 38.4 Å². The number of unbranched alkanes of at least 4 members (excludes halogenated alkanes) is 1. The molecule has 1 aliphatic heterocycles. The van der Waals surface area contributed by atoms with E-state index in [1.807, 2.05) is 0 Å². The van der Waals surface area contributed by atoms with Crippen molar-refractivity contribution in [2.45, 2.75) is 127 Å². The normalized spacial score (nSPS) is 16.9. The van der Waals surface area contributed by atoms with E-state index < -0.39 is 114 Å². The van der Waals surface area contributed by atoms with Crippen molar-refractivity contribution >= 4 is 53.3 Å². The minimum atomic E-state index is -1.54. The Bertz CT molecular complexity index is 1570. The van der Waals surface area contributed by atoms with Crippen molar-refractivity contribution in [3.63, 3.8) is 0 Å². The van der Waals surface area contributed by atoms with E-state index in [2.05, 4.69) is 36.6 Å². The monoisotopic (exact) mass is 807 g/mol. The third-order valence-corrected chi connectivity index (χ3v) is 9.31. The molecule has 1 aliphatic rings. The lowest BCUT2D eigenvalue weighted by molar-refractivity contribution is -0.143. The van der Waals surface area contributed by atoms with Gasteiger partial charge in [0.1, 0.15) is 36.3 Å². The van der Waals surface area contributed by atoms with Gasteiger partial charge in [-0.15, -0.1) is 0 Å². The number of hydrogen-bond donors (Lipinski definition) is 11. The van der Waals surface area contributed by atoms with Crippen LogP contribution >= 0.6 is 0 Å². The number of hydrogen-bond acceptors (Lipinski definition) is 12. The fraction of sp³-hybridized carbons (Fsp3) is 0.657. The summed E-state index contributed by atoms with van der Waals surface area (Å²) in [6.45, 7) is 5.18. The van der Waals surface area contributed by atoms with E-state index in [-0.39, 0.29) is 38.6 Å². The van der Waals surface area contributed by atoms with Crippen molar-refractivity contribution in [3.05, 3.63) is 18.2 Å². The molecular formula is C35H57N11O11. The summed E-state index contributed by atoms with van der Waals surface area (Å²) >= 11 is 0. The highest BCUT2D eigenvalue weighted by Crippen LogP contribution is 2.21. The Labute approximate surface area is 329 Å². The van der Waals surface area contributed by atoms with Gasteiger partial charge in [0.25, 0.3) is 0 Å². The van der Waals surface area contributed by atoms with Crippen LogP contribution in [0.15, 0.2) is 12.5 Å². The van der Waals surface area contributed by atoms with Crippen LogP contribution in [0.3, 0.4) is 0 Å². The summed E-state index contributed by atoms with van der Waals surface area (Å²) in [6, 6.07) is -8.73. The lowest BCUT2D eigenvalue weighted by Gasteiger charge is -2.32. The highest BCUT2D eigenvalue weighted by molar-refractivity contribution is 5.97. The van der Waals surface area contributed by atoms with Crippen LogP contribution in [-0.4, -0.2) is 134 Å². The number of nitrogens with one attached hydrogen (secondary N) is 6. The number of carboxylic acids is 2. The number of imidazole rings is 1.